The van der Waals surface area contributed by atoms with E-state index in [0.29, 0.717) is 40.4 Å². The molecule has 242 valence electrons. The average Bonchev–Trinajstić information content (AvgIpc) is 3.09. The Morgan fingerprint density at radius 1 is 0.936 bits per heavy atom. The minimum Gasteiger partial charge on any atom is -0.493 e. The standard InChI is InChI=1S/C35H35FN6O5/c1-40-16-18-41(19-17-40)14-6-20-46-33-23-28-26(22-32(33)45-2)30(11-13-37-28)47-31-10-9-24(21-27(31)36)38-35(44)34-29(43)12-15-42(39-34)25-7-4-3-5-8-25/h3-5,7-13,15,21-23H,6,14,16-20H2,1-2H3,(H,38,44). The average molecular weight is 639 g/mol. The highest BCUT2D eigenvalue weighted by Crippen LogP contribution is 2.38. The van der Waals surface area contributed by atoms with Crippen molar-refractivity contribution in [1.82, 2.24) is 24.6 Å². The third-order valence-electron chi connectivity index (χ3n) is 7.91. The number of carbonyl (C=O) groups excluding carboxylic acids is 1. The second-order valence-corrected chi connectivity index (χ2v) is 11.2. The number of hydrogen-bond acceptors (Lipinski definition) is 9. The molecule has 0 radical (unpaired) electrons. The van der Waals surface area contributed by atoms with Crippen LogP contribution in [0.3, 0.4) is 0 Å². The van der Waals surface area contributed by atoms with Gasteiger partial charge in [0.25, 0.3) is 5.91 Å². The molecular formula is C35H35FN6O5. The molecule has 47 heavy (non-hydrogen) atoms. The van der Waals surface area contributed by atoms with E-state index in [1.165, 1.54) is 29.1 Å². The Hall–Kier alpha value is -5.33. The first-order valence-electron chi connectivity index (χ1n) is 15.3. The van der Waals surface area contributed by atoms with Crippen LogP contribution in [0.15, 0.2) is 90.0 Å². The zero-order valence-electron chi connectivity index (χ0n) is 26.2. The van der Waals surface area contributed by atoms with Crippen LogP contribution in [0, 0.1) is 5.82 Å². The third kappa shape index (κ3) is 7.56. The maximum absolute atomic E-state index is 15.3. The van der Waals surface area contributed by atoms with Crippen molar-refractivity contribution in [3.63, 3.8) is 0 Å². The largest absolute Gasteiger partial charge is 0.493 e. The molecule has 6 rings (SSSR count). The highest BCUT2D eigenvalue weighted by Gasteiger charge is 2.18. The van der Waals surface area contributed by atoms with Gasteiger partial charge in [-0.05, 0) is 49.9 Å². The Morgan fingerprint density at radius 2 is 1.74 bits per heavy atom. The Morgan fingerprint density at radius 3 is 2.51 bits per heavy atom. The number of para-hydroxylation sites is 1. The maximum Gasteiger partial charge on any atom is 0.280 e. The third-order valence-corrected chi connectivity index (χ3v) is 7.91. The van der Waals surface area contributed by atoms with Gasteiger partial charge in [-0.1, -0.05) is 18.2 Å². The van der Waals surface area contributed by atoms with Gasteiger partial charge in [-0.3, -0.25) is 14.6 Å². The Balaban J connectivity index is 1.13. The van der Waals surface area contributed by atoms with E-state index in [4.69, 9.17) is 14.2 Å². The van der Waals surface area contributed by atoms with Crippen LogP contribution >= 0.6 is 0 Å². The summed E-state index contributed by atoms with van der Waals surface area (Å²) in [6.45, 7) is 5.76. The number of nitrogens with one attached hydrogen (secondary N) is 1. The van der Waals surface area contributed by atoms with Crippen LogP contribution in [-0.4, -0.2) is 84.0 Å². The molecule has 0 saturated carbocycles. The van der Waals surface area contributed by atoms with Gasteiger partial charge in [0.1, 0.15) is 5.75 Å². The second kappa shape index (κ2) is 14.4. The zero-order chi connectivity index (χ0) is 32.8. The summed E-state index contributed by atoms with van der Waals surface area (Å²) in [4.78, 5) is 34.6. The lowest BCUT2D eigenvalue weighted by molar-refractivity contribution is 0.101. The number of fused-ring (bicyclic) bond motifs is 1. The number of halogens is 1. The molecule has 3 heterocycles. The highest BCUT2D eigenvalue weighted by molar-refractivity contribution is 6.02. The van der Waals surface area contributed by atoms with Gasteiger partial charge >= 0.3 is 0 Å². The van der Waals surface area contributed by atoms with Crippen LogP contribution in [0.1, 0.15) is 16.9 Å². The molecule has 12 heteroatoms. The van der Waals surface area contributed by atoms with E-state index in [-0.39, 0.29) is 17.1 Å². The van der Waals surface area contributed by atoms with Crippen LogP contribution in [0.2, 0.25) is 0 Å². The van der Waals surface area contributed by atoms with Gasteiger partial charge in [0, 0.05) is 74.4 Å². The number of likely N-dealkylation sites (N-methyl/N-ethyl adjacent to an activating group) is 1. The van der Waals surface area contributed by atoms with Crippen molar-refractivity contribution in [2.24, 2.45) is 0 Å². The van der Waals surface area contributed by atoms with Crippen molar-refractivity contribution in [3.8, 4) is 28.7 Å². The van der Waals surface area contributed by atoms with E-state index in [1.54, 1.807) is 43.6 Å². The molecule has 0 aliphatic carbocycles. The first kappa shape index (κ1) is 31.6. The normalized spacial score (nSPS) is 13.8. The minimum absolute atomic E-state index is 0.0667. The lowest BCUT2D eigenvalue weighted by atomic mass is 10.1. The van der Waals surface area contributed by atoms with Gasteiger partial charge in [-0.25, -0.2) is 9.07 Å². The number of hydrogen-bond donors (Lipinski definition) is 1. The summed E-state index contributed by atoms with van der Waals surface area (Å²) in [5.41, 5.74) is 0.516. The predicted molar refractivity (Wildman–Crippen MR) is 177 cm³/mol. The Kier molecular flexibility index (Phi) is 9.69. The van der Waals surface area contributed by atoms with E-state index in [1.807, 2.05) is 18.2 Å². The number of carbonyl (C=O) groups is 1. The molecule has 1 amide bonds. The fraction of sp³-hybridized carbons (Fsp3) is 0.257. The molecule has 0 atom stereocenters. The number of ether oxygens (including phenoxy) is 3. The van der Waals surface area contributed by atoms with Crippen LogP contribution in [0.25, 0.3) is 16.6 Å². The molecule has 5 aromatic rings. The summed E-state index contributed by atoms with van der Waals surface area (Å²) in [5.74, 6) is -0.115. The summed E-state index contributed by atoms with van der Waals surface area (Å²) >= 11 is 0. The van der Waals surface area contributed by atoms with Crippen molar-refractivity contribution in [2.75, 3.05) is 58.8 Å². The number of methoxy groups -OCH3 is 1. The van der Waals surface area contributed by atoms with Gasteiger partial charge in [-0.15, -0.1) is 0 Å². The Labute approximate surface area is 271 Å². The molecular weight excluding hydrogens is 603 g/mol. The number of amides is 1. The fourth-order valence-corrected chi connectivity index (χ4v) is 5.29. The smallest absolute Gasteiger partial charge is 0.280 e. The lowest BCUT2D eigenvalue weighted by Crippen LogP contribution is -2.44. The molecule has 2 aromatic heterocycles. The zero-order valence-corrected chi connectivity index (χ0v) is 26.2. The maximum atomic E-state index is 15.3. The van der Waals surface area contributed by atoms with Gasteiger partial charge in [0.15, 0.2) is 28.8 Å². The van der Waals surface area contributed by atoms with Gasteiger partial charge < -0.3 is 29.3 Å². The molecule has 0 bridgehead atoms. The first-order valence-corrected chi connectivity index (χ1v) is 15.3. The van der Waals surface area contributed by atoms with E-state index in [2.05, 4.69) is 32.2 Å². The molecule has 1 aliphatic rings. The lowest BCUT2D eigenvalue weighted by Gasteiger charge is -2.32. The quantitative estimate of drug-likeness (QED) is 0.200. The van der Waals surface area contributed by atoms with Crippen LogP contribution < -0.4 is 25.0 Å². The highest BCUT2D eigenvalue weighted by atomic mass is 19.1. The SMILES string of the molecule is COc1cc2c(Oc3ccc(NC(=O)c4nn(-c5ccccc5)ccc4=O)cc3F)ccnc2cc1OCCCN1CCN(C)CC1. The summed E-state index contributed by atoms with van der Waals surface area (Å²) in [6, 6.07) is 19.5. The van der Waals surface area contributed by atoms with Crippen LogP contribution in [0.5, 0.6) is 23.0 Å². The molecule has 0 unspecified atom stereocenters. The topological polar surface area (TPSA) is 111 Å². The summed E-state index contributed by atoms with van der Waals surface area (Å²) < 4.78 is 34.3. The van der Waals surface area contributed by atoms with Crippen molar-refractivity contribution < 1.29 is 23.4 Å². The van der Waals surface area contributed by atoms with E-state index in [9.17, 15) is 9.59 Å². The molecule has 1 fully saturated rings. The number of rotatable bonds is 11. The number of anilines is 1. The van der Waals surface area contributed by atoms with E-state index in [0.717, 1.165) is 45.2 Å². The predicted octanol–water partition coefficient (Wildman–Crippen LogP) is 4.99. The van der Waals surface area contributed by atoms with E-state index < -0.39 is 17.2 Å². The number of nitrogens with zero attached hydrogens (tertiary/aromatic N) is 5. The summed E-state index contributed by atoms with van der Waals surface area (Å²) in [7, 11) is 3.70. The molecule has 0 spiro atoms. The second-order valence-electron chi connectivity index (χ2n) is 11.2. The molecule has 11 nitrogen and oxygen atoms in total. The molecule has 1 aliphatic heterocycles. The number of pyridine rings is 1. The van der Waals surface area contributed by atoms with Gasteiger partial charge in [0.2, 0.25) is 5.43 Å². The first-order chi connectivity index (χ1) is 22.9. The monoisotopic (exact) mass is 638 g/mol. The number of benzene rings is 3. The number of aromatic nitrogens is 3. The summed E-state index contributed by atoms with van der Waals surface area (Å²) in [5, 5.41) is 7.32. The van der Waals surface area contributed by atoms with Gasteiger partial charge in [-0.2, -0.15) is 5.10 Å². The van der Waals surface area contributed by atoms with Crippen LogP contribution in [0.4, 0.5) is 10.1 Å². The Bertz CT molecular complexity index is 1930. The van der Waals surface area contributed by atoms with Crippen LogP contribution in [-0.2, 0) is 0 Å². The van der Waals surface area contributed by atoms with Crippen molar-refractivity contribution in [1.29, 1.82) is 0 Å². The van der Waals surface area contributed by atoms with Gasteiger partial charge in [0.05, 0.1) is 24.9 Å². The molecule has 1 N–H and O–H groups in total. The fourth-order valence-electron chi connectivity index (χ4n) is 5.29. The van der Waals surface area contributed by atoms with Crippen molar-refractivity contribution >= 4 is 22.5 Å². The van der Waals surface area contributed by atoms with E-state index >= 15 is 4.39 Å². The minimum atomic E-state index is -0.766. The van der Waals surface area contributed by atoms with Crippen molar-refractivity contribution in [2.45, 2.75) is 6.42 Å². The molecule has 1 saturated heterocycles. The van der Waals surface area contributed by atoms with Crippen molar-refractivity contribution in [3.05, 3.63) is 107 Å². The summed E-state index contributed by atoms with van der Waals surface area (Å²) in [6.07, 6.45) is 3.93. The molecule has 3 aromatic carbocycles. The number of piperazine rings is 1.